The first kappa shape index (κ1) is 15.4. The second-order valence-corrected chi connectivity index (χ2v) is 5.02. The van der Waals surface area contributed by atoms with Gasteiger partial charge in [-0.2, -0.15) is 0 Å². The third kappa shape index (κ3) is 3.27. The molecule has 0 bridgehead atoms. The van der Waals surface area contributed by atoms with Crippen molar-refractivity contribution in [2.75, 3.05) is 10.6 Å². The van der Waals surface area contributed by atoms with Crippen LogP contribution in [-0.4, -0.2) is 0 Å². The van der Waals surface area contributed by atoms with Gasteiger partial charge in [-0.25, -0.2) is 0 Å². The number of nitroso groups, excluding NO2 is 2. The van der Waals surface area contributed by atoms with Gasteiger partial charge in [0.2, 0.25) is 0 Å². The van der Waals surface area contributed by atoms with Gasteiger partial charge in [0.1, 0.15) is 0 Å². The summed E-state index contributed by atoms with van der Waals surface area (Å²) in [6.07, 6.45) is 0. The van der Waals surface area contributed by atoms with Crippen LogP contribution in [0.3, 0.4) is 0 Å². The van der Waals surface area contributed by atoms with Crippen molar-refractivity contribution in [3.8, 4) is 0 Å². The lowest BCUT2D eigenvalue weighted by Crippen LogP contribution is -1.94. The molecule has 0 atom stereocenters. The normalized spacial score (nSPS) is 10.0. The number of para-hydroxylation sites is 2. The molecule has 0 aliphatic rings. The summed E-state index contributed by atoms with van der Waals surface area (Å²) in [5.41, 5.74) is 2.34. The van der Waals surface area contributed by atoms with E-state index in [1.54, 1.807) is 12.1 Å². The van der Waals surface area contributed by atoms with Gasteiger partial charge in [0.15, 0.2) is 11.4 Å². The topological polar surface area (TPSA) is 82.9 Å². The third-order valence-corrected chi connectivity index (χ3v) is 3.44. The Bertz CT molecular complexity index is 779. The van der Waals surface area contributed by atoms with Crippen LogP contribution in [0, 0.1) is 9.81 Å². The Morgan fingerprint density at radius 2 is 0.917 bits per heavy atom. The van der Waals surface area contributed by atoms with E-state index in [-0.39, 0.29) is 11.4 Å². The highest BCUT2D eigenvalue weighted by molar-refractivity contribution is 5.90. The molecule has 0 unspecified atom stereocenters. The Labute approximate surface area is 138 Å². The molecule has 0 amide bonds. The number of hydrogen-bond donors (Lipinski definition) is 2. The third-order valence-electron chi connectivity index (χ3n) is 3.44. The molecule has 0 heterocycles. The molecule has 6 heteroatoms. The maximum absolute atomic E-state index is 11.3. The van der Waals surface area contributed by atoms with Gasteiger partial charge in [-0.15, -0.1) is 9.81 Å². The number of rotatable bonds is 6. The molecular formula is C18H14N4O2. The van der Waals surface area contributed by atoms with Gasteiger partial charge in [-0.1, -0.05) is 36.4 Å². The molecule has 0 saturated carbocycles. The van der Waals surface area contributed by atoms with Crippen LogP contribution >= 0.6 is 0 Å². The van der Waals surface area contributed by atoms with Crippen LogP contribution in [0.4, 0.5) is 34.1 Å². The zero-order valence-electron chi connectivity index (χ0n) is 12.6. The van der Waals surface area contributed by atoms with Crippen LogP contribution in [0.5, 0.6) is 0 Å². The minimum absolute atomic E-state index is 0.0326. The monoisotopic (exact) mass is 318 g/mol. The quantitative estimate of drug-likeness (QED) is 0.548. The molecule has 0 spiro atoms. The van der Waals surface area contributed by atoms with E-state index in [1.165, 1.54) is 0 Å². The van der Waals surface area contributed by atoms with E-state index >= 15 is 0 Å². The van der Waals surface area contributed by atoms with Gasteiger partial charge < -0.3 is 10.6 Å². The molecular weight excluding hydrogens is 304 g/mol. The van der Waals surface area contributed by atoms with Gasteiger partial charge in [0.05, 0.1) is 11.4 Å². The number of hydrogen-bond acceptors (Lipinski definition) is 6. The van der Waals surface area contributed by atoms with Gasteiger partial charge in [-0.05, 0) is 46.8 Å². The molecule has 3 aromatic rings. The zero-order chi connectivity index (χ0) is 16.8. The van der Waals surface area contributed by atoms with Crippen molar-refractivity contribution in [2.45, 2.75) is 0 Å². The number of anilines is 4. The van der Waals surface area contributed by atoms with Crippen molar-refractivity contribution in [3.63, 3.8) is 0 Å². The molecule has 118 valence electrons. The summed E-state index contributed by atoms with van der Waals surface area (Å²) in [7, 11) is 0. The fourth-order valence-corrected chi connectivity index (χ4v) is 2.32. The van der Waals surface area contributed by atoms with E-state index in [0.29, 0.717) is 11.4 Å². The standard InChI is InChI=1S/C18H14N4O2/c23-21-17-15(19-13-7-3-1-4-8-13)11-12-16(18(17)22-24)20-14-9-5-2-6-10-14/h1-12,19-20H. The maximum atomic E-state index is 11.3. The summed E-state index contributed by atoms with van der Waals surface area (Å²) in [5, 5.41) is 12.1. The fraction of sp³-hybridized carbons (Fsp3) is 0. The number of nitrogens with one attached hydrogen (secondary N) is 2. The molecule has 0 aliphatic carbocycles. The average molecular weight is 318 g/mol. The Morgan fingerprint density at radius 1 is 0.542 bits per heavy atom. The second kappa shape index (κ2) is 7.15. The highest BCUT2D eigenvalue weighted by atomic mass is 16.3. The molecule has 3 rings (SSSR count). The lowest BCUT2D eigenvalue weighted by molar-refractivity contribution is 1.39. The van der Waals surface area contributed by atoms with Crippen LogP contribution in [-0.2, 0) is 0 Å². The molecule has 0 saturated heterocycles. The number of nitrogens with zero attached hydrogens (tertiary/aromatic N) is 2. The average Bonchev–Trinajstić information content (AvgIpc) is 2.64. The Morgan fingerprint density at radius 3 is 1.25 bits per heavy atom. The predicted molar refractivity (Wildman–Crippen MR) is 96.8 cm³/mol. The minimum atomic E-state index is -0.0326. The zero-order valence-corrected chi connectivity index (χ0v) is 12.6. The van der Waals surface area contributed by atoms with Crippen molar-refractivity contribution in [3.05, 3.63) is 82.6 Å². The lowest BCUT2D eigenvalue weighted by Gasteiger charge is -2.13. The van der Waals surface area contributed by atoms with Crippen LogP contribution < -0.4 is 10.6 Å². The van der Waals surface area contributed by atoms with Gasteiger partial charge in [0, 0.05) is 11.4 Å². The molecule has 24 heavy (non-hydrogen) atoms. The summed E-state index contributed by atoms with van der Waals surface area (Å²) >= 11 is 0. The molecule has 0 aliphatic heterocycles. The largest absolute Gasteiger partial charge is 0.354 e. The molecule has 0 radical (unpaired) electrons. The van der Waals surface area contributed by atoms with Crippen molar-refractivity contribution < 1.29 is 0 Å². The highest BCUT2D eigenvalue weighted by Gasteiger charge is 2.16. The molecule has 0 fully saturated rings. The second-order valence-electron chi connectivity index (χ2n) is 5.02. The Kier molecular flexibility index (Phi) is 4.57. The van der Waals surface area contributed by atoms with Crippen molar-refractivity contribution in [1.29, 1.82) is 0 Å². The summed E-state index contributed by atoms with van der Waals surface area (Å²) < 4.78 is 0. The summed E-state index contributed by atoms with van der Waals surface area (Å²) in [6, 6.07) is 22.0. The van der Waals surface area contributed by atoms with E-state index in [2.05, 4.69) is 21.0 Å². The Balaban J connectivity index is 1.98. The minimum Gasteiger partial charge on any atom is -0.354 e. The van der Waals surface area contributed by atoms with Crippen LogP contribution in [0.1, 0.15) is 0 Å². The Hall–Kier alpha value is -3.54. The summed E-state index contributed by atoms with van der Waals surface area (Å²) in [4.78, 5) is 22.6. The molecule has 6 nitrogen and oxygen atoms in total. The van der Waals surface area contributed by atoms with E-state index in [9.17, 15) is 9.81 Å². The molecule has 0 aromatic heterocycles. The van der Waals surface area contributed by atoms with Crippen molar-refractivity contribution >= 4 is 34.1 Å². The fourth-order valence-electron chi connectivity index (χ4n) is 2.32. The van der Waals surface area contributed by atoms with Crippen LogP contribution in [0.2, 0.25) is 0 Å². The van der Waals surface area contributed by atoms with Gasteiger partial charge in [0.25, 0.3) is 0 Å². The van der Waals surface area contributed by atoms with Crippen molar-refractivity contribution in [2.24, 2.45) is 10.4 Å². The van der Waals surface area contributed by atoms with Crippen LogP contribution in [0.25, 0.3) is 0 Å². The molecule has 2 N–H and O–H groups in total. The highest BCUT2D eigenvalue weighted by Crippen LogP contribution is 2.43. The SMILES string of the molecule is O=Nc1c(Nc2ccccc2)ccc(Nc2ccccc2)c1N=O. The first-order valence-corrected chi connectivity index (χ1v) is 7.29. The summed E-state index contributed by atoms with van der Waals surface area (Å²) in [6.45, 7) is 0. The van der Waals surface area contributed by atoms with Crippen LogP contribution in [0.15, 0.2) is 83.2 Å². The van der Waals surface area contributed by atoms with Gasteiger partial charge in [-0.3, -0.25) is 0 Å². The first-order chi connectivity index (χ1) is 11.8. The lowest BCUT2D eigenvalue weighted by atomic mass is 10.1. The van der Waals surface area contributed by atoms with E-state index < -0.39 is 0 Å². The van der Waals surface area contributed by atoms with E-state index in [0.717, 1.165) is 11.4 Å². The van der Waals surface area contributed by atoms with Gasteiger partial charge >= 0.3 is 0 Å². The smallest absolute Gasteiger partial charge is 0.162 e. The first-order valence-electron chi connectivity index (χ1n) is 7.29. The summed E-state index contributed by atoms with van der Waals surface area (Å²) in [5.74, 6) is 0. The molecule has 3 aromatic carbocycles. The number of benzene rings is 3. The van der Waals surface area contributed by atoms with Crippen molar-refractivity contribution in [1.82, 2.24) is 0 Å². The van der Waals surface area contributed by atoms with E-state index in [4.69, 9.17) is 0 Å². The predicted octanol–water partition coefficient (Wildman–Crippen LogP) is 5.97. The van der Waals surface area contributed by atoms with E-state index in [1.807, 2.05) is 60.7 Å². The maximum Gasteiger partial charge on any atom is 0.162 e.